The molecule has 0 aliphatic carbocycles. The summed E-state index contributed by atoms with van der Waals surface area (Å²) in [6.45, 7) is 5.37. The van der Waals surface area contributed by atoms with E-state index in [1.54, 1.807) is 13.8 Å². The molecule has 2 unspecified atom stereocenters. The third kappa shape index (κ3) is 5.22. The van der Waals surface area contributed by atoms with E-state index in [1.807, 2.05) is 6.92 Å². The average molecular weight is 329 g/mol. The Labute approximate surface area is 136 Å². The number of carbonyl (C=O) groups is 4. The van der Waals surface area contributed by atoms with Gasteiger partial charge in [-0.2, -0.15) is 0 Å². The molecule has 3 N–H and O–H groups in total. The van der Waals surface area contributed by atoms with Crippen molar-refractivity contribution in [2.75, 3.05) is 14.1 Å². The van der Waals surface area contributed by atoms with E-state index < -0.39 is 35.8 Å². The summed E-state index contributed by atoms with van der Waals surface area (Å²) in [4.78, 5) is 49.5. The molecule has 0 aliphatic heterocycles. The van der Waals surface area contributed by atoms with Crippen molar-refractivity contribution in [3.05, 3.63) is 0 Å². The summed E-state index contributed by atoms with van der Waals surface area (Å²) in [7, 11) is 2.60. The van der Waals surface area contributed by atoms with Crippen molar-refractivity contribution < 1.29 is 24.3 Å². The van der Waals surface area contributed by atoms with E-state index in [4.69, 9.17) is 5.73 Å². The minimum absolute atomic E-state index is 0.141. The van der Waals surface area contributed by atoms with E-state index >= 15 is 0 Å². The van der Waals surface area contributed by atoms with Gasteiger partial charge >= 0.3 is 5.97 Å². The highest BCUT2D eigenvalue weighted by atomic mass is 16.4. The lowest BCUT2D eigenvalue weighted by Crippen LogP contribution is -2.58. The van der Waals surface area contributed by atoms with E-state index in [9.17, 15) is 24.3 Å². The van der Waals surface area contributed by atoms with E-state index in [-0.39, 0.29) is 12.3 Å². The van der Waals surface area contributed by atoms with E-state index in [2.05, 4.69) is 0 Å². The van der Waals surface area contributed by atoms with Crippen molar-refractivity contribution in [2.45, 2.75) is 52.1 Å². The number of rotatable bonds is 9. The second-order valence-electron chi connectivity index (χ2n) is 5.68. The second kappa shape index (κ2) is 9.12. The van der Waals surface area contributed by atoms with Crippen molar-refractivity contribution in [2.24, 2.45) is 11.7 Å². The molecule has 0 radical (unpaired) electrons. The van der Waals surface area contributed by atoms with Crippen LogP contribution < -0.4 is 5.73 Å². The molecular weight excluding hydrogens is 302 g/mol. The molecule has 0 saturated carbocycles. The lowest BCUT2D eigenvalue weighted by atomic mass is 9.96. The molecular formula is C15H27N3O5. The fourth-order valence-electron chi connectivity index (χ4n) is 2.38. The van der Waals surface area contributed by atoms with Gasteiger partial charge < -0.3 is 20.6 Å². The number of nitrogens with zero attached hydrogens (tertiary/aromatic N) is 2. The van der Waals surface area contributed by atoms with Crippen LogP contribution in [0.15, 0.2) is 0 Å². The summed E-state index contributed by atoms with van der Waals surface area (Å²) in [5.74, 6) is -3.66. The molecule has 23 heavy (non-hydrogen) atoms. The standard InChI is InChI=1S/C15H27N3O5/c1-6-8-10(19)17(4)12(15(22)23)14(21)18(5)11(13(16)20)9(3)7-2/h9,11-12H,6-8H2,1-5H3,(H2,16,20)(H,22,23)/t9?,11-,12?/m0/s1. The zero-order chi connectivity index (χ0) is 18.3. The van der Waals surface area contributed by atoms with Gasteiger partial charge in [-0.1, -0.05) is 27.2 Å². The lowest BCUT2D eigenvalue weighted by Gasteiger charge is -2.34. The molecule has 0 aliphatic rings. The zero-order valence-corrected chi connectivity index (χ0v) is 14.4. The van der Waals surface area contributed by atoms with E-state index in [1.165, 1.54) is 14.1 Å². The Balaban J connectivity index is 5.49. The number of carboxylic acids is 1. The van der Waals surface area contributed by atoms with Gasteiger partial charge in [0, 0.05) is 20.5 Å². The fraction of sp³-hybridized carbons (Fsp3) is 0.733. The van der Waals surface area contributed by atoms with Gasteiger partial charge in [-0.15, -0.1) is 0 Å². The smallest absolute Gasteiger partial charge is 0.336 e. The molecule has 0 aromatic rings. The normalized spacial score (nSPS) is 14.5. The lowest BCUT2D eigenvalue weighted by molar-refractivity contribution is -0.159. The van der Waals surface area contributed by atoms with Gasteiger partial charge in [0.1, 0.15) is 6.04 Å². The van der Waals surface area contributed by atoms with Crippen molar-refractivity contribution >= 4 is 23.7 Å². The molecule has 0 fully saturated rings. The van der Waals surface area contributed by atoms with Crippen LogP contribution in [0.2, 0.25) is 0 Å². The summed E-state index contributed by atoms with van der Waals surface area (Å²) in [5.41, 5.74) is 5.35. The van der Waals surface area contributed by atoms with Crippen molar-refractivity contribution in [3.63, 3.8) is 0 Å². The highest BCUT2D eigenvalue weighted by Crippen LogP contribution is 2.16. The number of hydrogen-bond acceptors (Lipinski definition) is 4. The van der Waals surface area contributed by atoms with Gasteiger partial charge in [-0.3, -0.25) is 14.4 Å². The van der Waals surface area contributed by atoms with Crippen LogP contribution in [0.3, 0.4) is 0 Å². The number of carbonyl (C=O) groups excluding carboxylic acids is 3. The number of primary amides is 1. The van der Waals surface area contributed by atoms with Crippen molar-refractivity contribution in [1.29, 1.82) is 0 Å². The fourth-order valence-corrected chi connectivity index (χ4v) is 2.38. The Morgan fingerprint density at radius 1 is 1.09 bits per heavy atom. The largest absolute Gasteiger partial charge is 0.479 e. The van der Waals surface area contributed by atoms with Crippen LogP contribution in [-0.2, 0) is 19.2 Å². The van der Waals surface area contributed by atoms with Crippen LogP contribution in [-0.4, -0.2) is 64.8 Å². The topological polar surface area (TPSA) is 121 Å². The first kappa shape index (κ1) is 20.9. The van der Waals surface area contributed by atoms with Crippen LogP contribution in [0.5, 0.6) is 0 Å². The highest BCUT2D eigenvalue weighted by Gasteiger charge is 2.39. The molecule has 8 nitrogen and oxygen atoms in total. The molecule has 3 amide bonds. The van der Waals surface area contributed by atoms with Gasteiger partial charge in [0.15, 0.2) is 0 Å². The van der Waals surface area contributed by atoms with Crippen LogP contribution in [0.1, 0.15) is 40.0 Å². The van der Waals surface area contributed by atoms with Gasteiger partial charge in [0.2, 0.25) is 17.9 Å². The number of hydrogen-bond donors (Lipinski definition) is 2. The number of amides is 3. The zero-order valence-electron chi connectivity index (χ0n) is 14.4. The van der Waals surface area contributed by atoms with Gasteiger partial charge in [0.05, 0.1) is 0 Å². The Bertz CT molecular complexity index is 466. The predicted octanol–water partition coefficient (Wildman–Crippen LogP) is 0.0565. The van der Waals surface area contributed by atoms with Crippen LogP contribution in [0.4, 0.5) is 0 Å². The molecule has 132 valence electrons. The number of nitrogens with two attached hydrogens (primary N) is 1. The predicted molar refractivity (Wildman–Crippen MR) is 84.3 cm³/mol. The molecule has 0 aromatic carbocycles. The summed E-state index contributed by atoms with van der Waals surface area (Å²) < 4.78 is 0. The Hall–Kier alpha value is -2.12. The van der Waals surface area contributed by atoms with Crippen LogP contribution in [0.25, 0.3) is 0 Å². The molecule has 0 heterocycles. The first-order valence-corrected chi connectivity index (χ1v) is 7.64. The van der Waals surface area contributed by atoms with Crippen molar-refractivity contribution in [3.8, 4) is 0 Å². The first-order valence-electron chi connectivity index (χ1n) is 7.64. The molecule has 0 saturated heterocycles. The highest BCUT2D eigenvalue weighted by molar-refractivity contribution is 6.05. The molecule has 8 heteroatoms. The maximum Gasteiger partial charge on any atom is 0.336 e. The second-order valence-corrected chi connectivity index (χ2v) is 5.68. The minimum Gasteiger partial charge on any atom is -0.479 e. The Morgan fingerprint density at radius 3 is 1.96 bits per heavy atom. The van der Waals surface area contributed by atoms with Gasteiger partial charge in [-0.25, -0.2) is 4.79 Å². The third-order valence-corrected chi connectivity index (χ3v) is 3.95. The minimum atomic E-state index is -1.68. The summed E-state index contributed by atoms with van der Waals surface area (Å²) in [5, 5.41) is 9.34. The van der Waals surface area contributed by atoms with Crippen molar-refractivity contribution in [1.82, 2.24) is 9.80 Å². The monoisotopic (exact) mass is 329 g/mol. The van der Waals surface area contributed by atoms with Gasteiger partial charge in [0.25, 0.3) is 5.91 Å². The number of aliphatic carboxylic acids is 1. The molecule has 0 aromatic heterocycles. The van der Waals surface area contributed by atoms with Crippen LogP contribution >= 0.6 is 0 Å². The average Bonchev–Trinajstić information content (AvgIpc) is 2.46. The SMILES string of the molecule is CCCC(=O)N(C)C(C(=O)O)C(=O)N(C)[C@H](C(N)=O)C(C)CC. The molecule has 0 rings (SSSR count). The summed E-state index contributed by atoms with van der Waals surface area (Å²) in [6.07, 6.45) is 1.27. The summed E-state index contributed by atoms with van der Waals surface area (Å²) in [6, 6.07) is -2.60. The molecule has 0 spiro atoms. The number of likely N-dealkylation sites (N-methyl/N-ethyl adjacent to an activating group) is 2. The third-order valence-electron chi connectivity index (χ3n) is 3.95. The van der Waals surface area contributed by atoms with E-state index in [0.29, 0.717) is 12.8 Å². The Morgan fingerprint density at radius 2 is 1.61 bits per heavy atom. The Kier molecular flexibility index (Phi) is 8.28. The first-order chi connectivity index (χ1) is 10.6. The van der Waals surface area contributed by atoms with Gasteiger partial charge in [-0.05, 0) is 12.3 Å². The summed E-state index contributed by atoms with van der Waals surface area (Å²) >= 11 is 0. The maximum atomic E-state index is 12.5. The molecule has 3 atom stereocenters. The molecule has 0 bridgehead atoms. The quantitative estimate of drug-likeness (QED) is 0.579. The number of carboxylic acid groups (broad SMARTS) is 1. The maximum absolute atomic E-state index is 12.5. The van der Waals surface area contributed by atoms with Crippen LogP contribution in [0, 0.1) is 5.92 Å². The van der Waals surface area contributed by atoms with E-state index in [0.717, 1.165) is 9.80 Å².